The minimum atomic E-state index is -0.831. The van der Waals surface area contributed by atoms with Gasteiger partial charge in [0.1, 0.15) is 6.04 Å². The fourth-order valence-corrected chi connectivity index (χ4v) is 3.27. The van der Waals surface area contributed by atoms with Crippen LogP contribution in [0.4, 0.5) is 4.79 Å². The third-order valence-corrected chi connectivity index (χ3v) is 4.68. The molecule has 0 saturated carbocycles. The molecule has 1 unspecified atom stereocenters. The second-order valence-corrected chi connectivity index (χ2v) is 6.69. The molecule has 0 bridgehead atoms. The maximum absolute atomic E-state index is 12.6. The lowest BCUT2D eigenvalue weighted by Gasteiger charge is -2.23. The van der Waals surface area contributed by atoms with Gasteiger partial charge in [-0.1, -0.05) is 17.7 Å². The highest BCUT2D eigenvalue weighted by Gasteiger charge is 2.33. The number of hydrogen-bond donors (Lipinski definition) is 2. The van der Waals surface area contributed by atoms with Crippen molar-refractivity contribution in [3.8, 4) is 0 Å². The Hall–Kier alpha value is -2.61. The van der Waals surface area contributed by atoms with Gasteiger partial charge in [0.05, 0.1) is 6.42 Å². The normalized spacial score (nSPS) is 20.4. The van der Waals surface area contributed by atoms with Crippen LogP contribution in [0.5, 0.6) is 0 Å². The van der Waals surface area contributed by atoms with E-state index >= 15 is 0 Å². The summed E-state index contributed by atoms with van der Waals surface area (Å²) in [5.74, 6) is -0.829. The van der Waals surface area contributed by atoms with E-state index in [4.69, 9.17) is 11.6 Å². The second-order valence-electron chi connectivity index (χ2n) is 6.26. The van der Waals surface area contributed by atoms with Gasteiger partial charge in [0.2, 0.25) is 5.91 Å². The molecule has 2 fully saturated rings. The van der Waals surface area contributed by atoms with E-state index in [1.165, 1.54) is 0 Å². The van der Waals surface area contributed by atoms with Crippen LogP contribution >= 0.6 is 11.6 Å². The summed E-state index contributed by atoms with van der Waals surface area (Å²) < 4.78 is 0. The first kappa shape index (κ1) is 18.2. The number of amides is 5. The lowest BCUT2D eigenvalue weighted by Crippen LogP contribution is -2.41. The van der Waals surface area contributed by atoms with Crippen LogP contribution in [0, 0.1) is 0 Å². The predicted octanol–water partition coefficient (Wildman–Crippen LogP) is 0.613. The Labute approximate surface area is 155 Å². The Kier molecular flexibility index (Phi) is 5.41. The Bertz CT molecular complexity index is 754. The van der Waals surface area contributed by atoms with Crippen molar-refractivity contribution in [1.82, 2.24) is 20.4 Å². The molecule has 0 aromatic heterocycles. The van der Waals surface area contributed by atoms with Gasteiger partial charge in [-0.15, -0.1) is 0 Å². The zero-order valence-corrected chi connectivity index (χ0v) is 14.8. The van der Waals surface area contributed by atoms with Gasteiger partial charge in [-0.25, -0.2) is 4.79 Å². The predicted molar refractivity (Wildman–Crippen MR) is 93.6 cm³/mol. The van der Waals surface area contributed by atoms with Crippen LogP contribution < -0.4 is 10.6 Å². The summed E-state index contributed by atoms with van der Waals surface area (Å²) in [6.45, 7) is 1.82. The van der Waals surface area contributed by atoms with Gasteiger partial charge < -0.3 is 15.1 Å². The summed E-state index contributed by atoms with van der Waals surface area (Å²) in [6, 6.07) is 5.36. The number of carbonyl (C=O) groups excluding carboxylic acids is 4. The average Bonchev–Trinajstić information content (AvgIpc) is 2.80. The van der Waals surface area contributed by atoms with Crippen LogP contribution in [0.2, 0.25) is 5.02 Å². The van der Waals surface area contributed by atoms with Crippen LogP contribution in [0.1, 0.15) is 23.2 Å². The number of nitrogens with zero attached hydrogens (tertiary/aromatic N) is 2. The van der Waals surface area contributed by atoms with E-state index < -0.39 is 18.0 Å². The van der Waals surface area contributed by atoms with E-state index in [2.05, 4.69) is 10.6 Å². The minimum absolute atomic E-state index is 0.0835. The van der Waals surface area contributed by atoms with Gasteiger partial charge in [0.15, 0.2) is 0 Å². The van der Waals surface area contributed by atoms with Crippen molar-refractivity contribution in [3.63, 3.8) is 0 Å². The number of imide groups is 1. The number of halogens is 1. The Morgan fingerprint density at radius 3 is 2.54 bits per heavy atom. The molecular weight excluding hydrogens is 360 g/mol. The first-order valence-electron chi connectivity index (χ1n) is 8.38. The Balaban J connectivity index is 1.57. The standard InChI is InChI=1S/C17H19ClN4O4/c18-12-4-1-3-11(9-12)16(25)22-6-2-5-21(7-8-22)14(23)10-13-15(24)20-17(26)19-13/h1,3-4,9,13H,2,5-8,10H2,(H2,19,20,24,26). The SMILES string of the molecule is O=C1NC(=O)C(CC(=O)N2CCCN(C(=O)c3cccc(Cl)c3)CC2)N1. The van der Waals surface area contributed by atoms with Crippen molar-refractivity contribution in [1.29, 1.82) is 0 Å². The highest BCUT2D eigenvalue weighted by molar-refractivity contribution is 6.30. The van der Waals surface area contributed by atoms with Crippen molar-refractivity contribution < 1.29 is 19.2 Å². The van der Waals surface area contributed by atoms with E-state index in [1.54, 1.807) is 34.1 Å². The van der Waals surface area contributed by atoms with Crippen molar-refractivity contribution in [2.45, 2.75) is 18.9 Å². The molecule has 138 valence electrons. The molecule has 0 radical (unpaired) electrons. The number of carbonyl (C=O) groups is 4. The number of benzene rings is 1. The molecule has 0 spiro atoms. The van der Waals surface area contributed by atoms with Crippen LogP contribution in [-0.2, 0) is 9.59 Å². The molecule has 2 aliphatic heterocycles. The topological polar surface area (TPSA) is 98.8 Å². The maximum atomic E-state index is 12.6. The zero-order chi connectivity index (χ0) is 18.7. The first-order valence-corrected chi connectivity index (χ1v) is 8.76. The molecule has 8 nitrogen and oxygen atoms in total. The van der Waals surface area contributed by atoms with Gasteiger partial charge in [-0.05, 0) is 24.6 Å². The lowest BCUT2D eigenvalue weighted by molar-refractivity contribution is -0.133. The monoisotopic (exact) mass is 378 g/mol. The summed E-state index contributed by atoms with van der Waals surface area (Å²) in [4.78, 5) is 51.1. The summed E-state index contributed by atoms with van der Waals surface area (Å²) in [7, 11) is 0. The van der Waals surface area contributed by atoms with Crippen LogP contribution in [0.3, 0.4) is 0 Å². The van der Waals surface area contributed by atoms with Crippen LogP contribution in [0.25, 0.3) is 0 Å². The molecule has 0 aliphatic carbocycles. The summed E-state index contributed by atoms with van der Waals surface area (Å²) in [5.41, 5.74) is 0.516. The molecule has 2 heterocycles. The molecule has 1 aromatic carbocycles. The number of urea groups is 1. The van der Waals surface area contributed by atoms with Crippen molar-refractivity contribution in [3.05, 3.63) is 34.9 Å². The van der Waals surface area contributed by atoms with Gasteiger partial charge in [-0.2, -0.15) is 0 Å². The minimum Gasteiger partial charge on any atom is -0.341 e. The smallest absolute Gasteiger partial charge is 0.322 e. The third-order valence-electron chi connectivity index (χ3n) is 4.44. The van der Waals surface area contributed by atoms with Crippen molar-refractivity contribution >= 4 is 35.4 Å². The second kappa shape index (κ2) is 7.74. The van der Waals surface area contributed by atoms with Crippen molar-refractivity contribution in [2.24, 2.45) is 0 Å². The lowest BCUT2D eigenvalue weighted by atomic mass is 10.2. The molecule has 2 aliphatic rings. The van der Waals surface area contributed by atoms with Gasteiger partial charge >= 0.3 is 6.03 Å². The highest BCUT2D eigenvalue weighted by Crippen LogP contribution is 2.15. The number of nitrogens with one attached hydrogen (secondary N) is 2. The van der Waals surface area contributed by atoms with Crippen LogP contribution in [-0.4, -0.2) is 65.8 Å². The number of rotatable bonds is 3. The van der Waals surface area contributed by atoms with E-state index in [0.29, 0.717) is 43.2 Å². The van der Waals surface area contributed by atoms with Crippen molar-refractivity contribution in [2.75, 3.05) is 26.2 Å². The molecule has 9 heteroatoms. The summed E-state index contributed by atoms with van der Waals surface area (Å²) in [5, 5.41) is 5.03. The molecule has 26 heavy (non-hydrogen) atoms. The Morgan fingerprint density at radius 1 is 1.12 bits per heavy atom. The van der Waals surface area contributed by atoms with E-state index in [9.17, 15) is 19.2 Å². The average molecular weight is 379 g/mol. The van der Waals surface area contributed by atoms with E-state index in [-0.39, 0.29) is 18.2 Å². The molecule has 1 atom stereocenters. The highest BCUT2D eigenvalue weighted by atomic mass is 35.5. The fraction of sp³-hybridized carbons (Fsp3) is 0.412. The Morgan fingerprint density at radius 2 is 1.85 bits per heavy atom. The quantitative estimate of drug-likeness (QED) is 0.753. The first-order chi connectivity index (χ1) is 12.4. The fourth-order valence-electron chi connectivity index (χ4n) is 3.08. The van der Waals surface area contributed by atoms with Crippen LogP contribution in [0.15, 0.2) is 24.3 Å². The maximum Gasteiger partial charge on any atom is 0.322 e. The molecule has 5 amide bonds. The van der Waals surface area contributed by atoms with Gasteiger partial charge in [-0.3, -0.25) is 19.7 Å². The molecule has 3 rings (SSSR count). The zero-order valence-electron chi connectivity index (χ0n) is 14.0. The largest absolute Gasteiger partial charge is 0.341 e. The van der Waals surface area contributed by atoms with Gasteiger partial charge in [0.25, 0.3) is 11.8 Å². The van der Waals surface area contributed by atoms with Gasteiger partial charge in [0, 0.05) is 36.8 Å². The third kappa shape index (κ3) is 4.13. The summed E-state index contributed by atoms with van der Waals surface area (Å²) in [6.07, 6.45) is 0.557. The van der Waals surface area contributed by atoms with E-state index in [0.717, 1.165) is 0 Å². The summed E-state index contributed by atoms with van der Waals surface area (Å²) >= 11 is 5.94. The molecule has 1 aromatic rings. The number of hydrogen-bond acceptors (Lipinski definition) is 4. The molecule has 2 saturated heterocycles. The van der Waals surface area contributed by atoms with E-state index in [1.807, 2.05) is 0 Å². The molecule has 2 N–H and O–H groups in total. The molecular formula is C17H19ClN4O4.